The van der Waals surface area contributed by atoms with E-state index in [9.17, 15) is 9.59 Å². The average molecular weight is 367 g/mol. The standard InChI is InChI=1S/C22H29N3O2/c26-20(23-12-11-15-6-1-2-7-15)18-14-16-8-5-13-25(16)22(18)17-9-3-4-10-19(17)24-21(22)27/h3-4,9-10,15-16,18H,1-2,5-8,11-14H2,(H,23,26)(H,24,27)/t16-,18+,22+/m1/s1. The van der Waals surface area contributed by atoms with Gasteiger partial charge in [0.05, 0.1) is 5.92 Å². The minimum atomic E-state index is -0.810. The van der Waals surface area contributed by atoms with Crippen LogP contribution < -0.4 is 10.6 Å². The van der Waals surface area contributed by atoms with Crippen LogP contribution in [0.15, 0.2) is 24.3 Å². The fourth-order valence-corrected chi connectivity index (χ4v) is 6.20. The van der Waals surface area contributed by atoms with Crippen molar-refractivity contribution in [1.29, 1.82) is 0 Å². The third-order valence-corrected chi connectivity index (χ3v) is 7.42. The predicted octanol–water partition coefficient (Wildman–Crippen LogP) is 3.01. The molecule has 3 heterocycles. The number of amides is 2. The second kappa shape index (κ2) is 6.62. The number of para-hydroxylation sites is 1. The van der Waals surface area contributed by atoms with Crippen LogP contribution in [0.4, 0.5) is 5.69 Å². The van der Waals surface area contributed by atoms with Gasteiger partial charge in [-0.15, -0.1) is 0 Å². The van der Waals surface area contributed by atoms with Crippen molar-refractivity contribution in [2.24, 2.45) is 11.8 Å². The van der Waals surface area contributed by atoms with Crippen LogP contribution in [0.1, 0.15) is 56.9 Å². The fourth-order valence-electron chi connectivity index (χ4n) is 6.20. The molecule has 0 aromatic heterocycles. The lowest BCUT2D eigenvalue weighted by molar-refractivity contribution is -0.137. The number of carbonyl (C=O) groups excluding carboxylic acids is 2. The van der Waals surface area contributed by atoms with E-state index in [1.54, 1.807) is 0 Å². The Morgan fingerprint density at radius 1 is 1.19 bits per heavy atom. The molecule has 1 spiro atoms. The quantitative estimate of drug-likeness (QED) is 0.860. The van der Waals surface area contributed by atoms with Gasteiger partial charge in [-0.05, 0) is 44.2 Å². The summed E-state index contributed by atoms with van der Waals surface area (Å²) in [5.74, 6) is 0.523. The Morgan fingerprint density at radius 2 is 2.00 bits per heavy atom. The molecule has 1 aromatic rings. The van der Waals surface area contributed by atoms with Crippen LogP contribution in [-0.2, 0) is 15.1 Å². The summed E-state index contributed by atoms with van der Waals surface area (Å²) >= 11 is 0. The zero-order valence-corrected chi connectivity index (χ0v) is 15.9. The van der Waals surface area contributed by atoms with Gasteiger partial charge in [0.15, 0.2) is 0 Å². The molecule has 5 rings (SSSR count). The van der Waals surface area contributed by atoms with Crippen molar-refractivity contribution in [3.63, 3.8) is 0 Å². The minimum Gasteiger partial charge on any atom is -0.356 e. The number of nitrogens with zero attached hydrogens (tertiary/aromatic N) is 1. The third-order valence-electron chi connectivity index (χ3n) is 7.42. The van der Waals surface area contributed by atoms with Crippen LogP contribution >= 0.6 is 0 Å². The summed E-state index contributed by atoms with van der Waals surface area (Å²) in [5.41, 5.74) is 1.06. The van der Waals surface area contributed by atoms with Crippen LogP contribution in [0.2, 0.25) is 0 Å². The summed E-state index contributed by atoms with van der Waals surface area (Å²) in [5, 5.41) is 6.27. The largest absolute Gasteiger partial charge is 0.356 e. The van der Waals surface area contributed by atoms with Gasteiger partial charge in [-0.3, -0.25) is 14.5 Å². The number of hydrogen-bond donors (Lipinski definition) is 2. The van der Waals surface area contributed by atoms with Gasteiger partial charge in [0.2, 0.25) is 11.8 Å². The highest BCUT2D eigenvalue weighted by atomic mass is 16.2. The number of benzene rings is 1. The molecule has 4 aliphatic rings. The lowest BCUT2D eigenvalue weighted by atomic mass is 9.78. The molecule has 27 heavy (non-hydrogen) atoms. The summed E-state index contributed by atoms with van der Waals surface area (Å²) < 4.78 is 0. The molecule has 0 bridgehead atoms. The third kappa shape index (κ3) is 2.54. The van der Waals surface area contributed by atoms with Crippen LogP contribution in [-0.4, -0.2) is 35.8 Å². The fraction of sp³-hybridized carbons (Fsp3) is 0.636. The Bertz CT molecular complexity index is 758. The number of nitrogens with one attached hydrogen (secondary N) is 2. The molecule has 3 aliphatic heterocycles. The Labute approximate surface area is 160 Å². The summed E-state index contributed by atoms with van der Waals surface area (Å²) in [6, 6.07) is 8.27. The first kappa shape index (κ1) is 17.2. The van der Waals surface area contributed by atoms with E-state index < -0.39 is 5.54 Å². The minimum absolute atomic E-state index is 0.0101. The Morgan fingerprint density at radius 3 is 2.85 bits per heavy atom. The Balaban J connectivity index is 1.41. The van der Waals surface area contributed by atoms with Crippen molar-refractivity contribution in [1.82, 2.24) is 10.2 Å². The van der Waals surface area contributed by atoms with E-state index in [1.807, 2.05) is 24.3 Å². The highest BCUT2D eigenvalue weighted by Gasteiger charge is 2.65. The molecule has 2 N–H and O–H groups in total. The lowest BCUT2D eigenvalue weighted by Gasteiger charge is -2.36. The zero-order valence-electron chi connectivity index (χ0n) is 15.9. The lowest BCUT2D eigenvalue weighted by Crippen LogP contribution is -2.54. The molecule has 3 atom stereocenters. The molecule has 5 heteroatoms. The van der Waals surface area contributed by atoms with Gasteiger partial charge in [-0.1, -0.05) is 43.9 Å². The van der Waals surface area contributed by atoms with E-state index in [4.69, 9.17) is 0 Å². The number of hydrogen-bond acceptors (Lipinski definition) is 3. The first-order valence-corrected chi connectivity index (χ1v) is 10.7. The Kier molecular flexibility index (Phi) is 4.23. The van der Waals surface area contributed by atoms with Crippen molar-refractivity contribution >= 4 is 17.5 Å². The van der Waals surface area contributed by atoms with Gasteiger partial charge in [-0.2, -0.15) is 0 Å². The van der Waals surface area contributed by atoms with Crippen molar-refractivity contribution in [2.45, 2.75) is 62.9 Å². The summed E-state index contributed by atoms with van der Waals surface area (Å²) in [6.45, 7) is 1.64. The van der Waals surface area contributed by atoms with E-state index in [1.165, 1.54) is 25.7 Å². The first-order chi connectivity index (χ1) is 13.2. The van der Waals surface area contributed by atoms with E-state index >= 15 is 0 Å². The molecule has 144 valence electrons. The number of anilines is 1. The monoisotopic (exact) mass is 367 g/mol. The van der Waals surface area contributed by atoms with Crippen LogP contribution in [0.3, 0.4) is 0 Å². The van der Waals surface area contributed by atoms with E-state index in [0.29, 0.717) is 6.04 Å². The predicted molar refractivity (Wildman–Crippen MR) is 104 cm³/mol. The second-order valence-electron chi connectivity index (χ2n) is 8.77. The van der Waals surface area contributed by atoms with E-state index in [2.05, 4.69) is 15.5 Å². The molecule has 2 amide bonds. The molecule has 1 saturated carbocycles. The van der Waals surface area contributed by atoms with Gasteiger partial charge in [0, 0.05) is 23.8 Å². The molecule has 1 aliphatic carbocycles. The zero-order chi connectivity index (χ0) is 18.4. The van der Waals surface area contributed by atoms with Crippen molar-refractivity contribution in [3.05, 3.63) is 29.8 Å². The van der Waals surface area contributed by atoms with Gasteiger partial charge in [0.1, 0.15) is 5.54 Å². The molecule has 5 nitrogen and oxygen atoms in total. The van der Waals surface area contributed by atoms with Crippen LogP contribution in [0.25, 0.3) is 0 Å². The maximum atomic E-state index is 13.3. The number of rotatable bonds is 4. The second-order valence-corrected chi connectivity index (χ2v) is 8.77. The molecular formula is C22H29N3O2. The van der Waals surface area contributed by atoms with Crippen LogP contribution in [0, 0.1) is 11.8 Å². The Hall–Kier alpha value is -1.88. The van der Waals surface area contributed by atoms with Gasteiger partial charge < -0.3 is 10.6 Å². The van der Waals surface area contributed by atoms with E-state index in [0.717, 1.165) is 55.9 Å². The summed E-state index contributed by atoms with van der Waals surface area (Å²) in [7, 11) is 0. The highest BCUT2D eigenvalue weighted by molar-refractivity contribution is 6.09. The maximum Gasteiger partial charge on any atom is 0.250 e. The normalized spacial score (nSPS) is 32.7. The maximum absolute atomic E-state index is 13.3. The summed E-state index contributed by atoms with van der Waals surface area (Å²) in [4.78, 5) is 28.8. The topological polar surface area (TPSA) is 61.4 Å². The first-order valence-electron chi connectivity index (χ1n) is 10.7. The smallest absolute Gasteiger partial charge is 0.250 e. The van der Waals surface area contributed by atoms with Crippen LogP contribution in [0.5, 0.6) is 0 Å². The highest BCUT2D eigenvalue weighted by Crippen LogP contribution is 2.55. The van der Waals surface area contributed by atoms with Crippen molar-refractivity contribution in [2.75, 3.05) is 18.4 Å². The molecule has 1 aromatic carbocycles. The van der Waals surface area contributed by atoms with Gasteiger partial charge >= 0.3 is 0 Å². The summed E-state index contributed by atoms with van der Waals surface area (Å²) in [6.07, 6.45) is 9.32. The molecule has 0 radical (unpaired) electrons. The molecule has 3 fully saturated rings. The molecule has 2 saturated heterocycles. The number of fused-ring (bicyclic) bond motifs is 4. The molecule has 0 unspecified atom stereocenters. The number of carbonyl (C=O) groups is 2. The van der Waals surface area contributed by atoms with Gasteiger partial charge in [-0.25, -0.2) is 0 Å². The van der Waals surface area contributed by atoms with E-state index in [-0.39, 0.29) is 17.7 Å². The average Bonchev–Trinajstić information content (AvgIpc) is 3.42. The SMILES string of the molecule is O=C(NCCC1CCCC1)[C@@H]1C[C@H]2CCCN2[C@]12C(=O)Nc1ccccc12. The van der Waals surface area contributed by atoms with Crippen molar-refractivity contribution < 1.29 is 9.59 Å². The molecular weight excluding hydrogens is 338 g/mol. The van der Waals surface area contributed by atoms with Crippen molar-refractivity contribution in [3.8, 4) is 0 Å². The van der Waals surface area contributed by atoms with Gasteiger partial charge in [0.25, 0.3) is 0 Å².